The van der Waals surface area contributed by atoms with Gasteiger partial charge in [-0.15, -0.1) is 10.2 Å². The lowest BCUT2D eigenvalue weighted by Gasteiger charge is -2.21. The minimum atomic E-state index is -4.76. The molecule has 0 spiro atoms. The molecule has 1 N–H and O–H groups in total. The van der Waals surface area contributed by atoms with Gasteiger partial charge in [0.25, 0.3) is 0 Å². The summed E-state index contributed by atoms with van der Waals surface area (Å²) in [6.07, 6.45) is -3.39. The van der Waals surface area contributed by atoms with Crippen molar-refractivity contribution in [2.24, 2.45) is 0 Å². The Hall–Kier alpha value is -2.94. The molecule has 4 rings (SSSR count). The van der Waals surface area contributed by atoms with Crippen molar-refractivity contribution in [3.63, 3.8) is 0 Å². The van der Waals surface area contributed by atoms with Crippen molar-refractivity contribution in [1.29, 1.82) is 0 Å². The molecule has 4 nitrogen and oxygen atoms in total. The maximum atomic E-state index is 14.3. The number of anilines is 1. The van der Waals surface area contributed by atoms with Crippen molar-refractivity contribution in [2.45, 2.75) is 19.1 Å². The van der Waals surface area contributed by atoms with Gasteiger partial charge in [-0.1, -0.05) is 11.6 Å². The normalized spacial score (nSPS) is 13.2. The fourth-order valence-corrected chi connectivity index (χ4v) is 3.53. The molecule has 29 heavy (non-hydrogen) atoms. The average Bonchev–Trinajstić information content (AvgIpc) is 3.13. The van der Waals surface area contributed by atoms with Gasteiger partial charge < -0.3 is 5.32 Å². The largest absolute Gasteiger partial charge is 0.418 e. The molecule has 0 aliphatic carbocycles. The summed E-state index contributed by atoms with van der Waals surface area (Å²) in [5, 5.41) is 11.6. The molecule has 0 fully saturated rings. The van der Waals surface area contributed by atoms with Gasteiger partial charge >= 0.3 is 6.18 Å². The zero-order chi connectivity index (χ0) is 20.9. The molecule has 0 aliphatic rings. The predicted molar refractivity (Wildman–Crippen MR) is 98.9 cm³/mol. The third kappa shape index (κ3) is 3.46. The van der Waals surface area contributed by atoms with E-state index in [1.165, 1.54) is 22.9 Å². The van der Waals surface area contributed by atoms with E-state index in [-0.39, 0.29) is 10.8 Å². The Balaban J connectivity index is 1.85. The van der Waals surface area contributed by atoms with Gasteiger partial charge in [0.1, 0.15) is 23.1 Å². The molecule has 1 atom stereocenters. The van der Waals surface area contributed by atoms with E-state index < -0.39 is 29.4 Å². The maximum absolute atomic E-state index is 14.3. The SMILES string of the molecule is C[C@@H](Nc1ccc(F)cc1C(F)(F)F)c1cc(F)cc2c1cc(Cl)n1cnnc21. The monoisotopic (exact) mass is 426 g/mol. The zero-order valence-corrected chi connectivity index (χ0v) is 15.5. The van der Waals surface area contributed by atoms with Crippen LogP contribution in [0.2, 0.25) is 5.15 Å². The summed E-state index contributed by atoms with van der Waals surface area (Å²) in [4.78, 5) is 0. The molecule has 0 bridgehead atoms. The number of alkyl halides is 3. The molecule has 4 aromatic rings. The van der Waals surface area contributed by atoms with Crippen molar-refractivity contribution in [2.75, 3.05) is 5.32 Å². The molecule has 2 aromatic heterocycles. The minimum Gasteiger partial charge on any atom is -0.378 e. The third-order valence-corrected chi connectivity index (χ3v) is 4.88. The van der Waals surface area contributed by atoms with Crippen LogP contribution in [0.4, 0.5) is 27.6 Å². The van der Waals surface area contributed by atoms with E-state index in [2.05, 4.69) is 15.5 Å². The molecular weight excluding hydrogens is 415 g/mol. The summed E-state index contributed by atoms with van der Waals surface area (Å²) in [6, 6.07) is 5.60. The Labute approximate surface area is 165 Å². The van der Waals surface area contributed by atoms with Crippen LogP contribution in [0.15, 0.2) is 42.7 Å². The molecular formula is C19H12ClF5N4. The quantitative estimate of drug-likeness (QED) is 0.322. The van der Waals surface area contributed by atoms with E-state index in [1.807, 2.05) is 0 Å². The van der Waals surface area contributed by atoms with Gasteiger partial charge in [-0.2, -0.15) is 13.2 Å². The van der Waals surface area contributed by atoms with Crippen LogP contribution in [0, 0.1) is 11.6 Å². The molecule has 0 saturated carbocycles. The van der Waals surface area contributed by atoms with Crippen LogP contribution in [0.1, 0.15) is 24.1 Å². The molecule has 2 aromatic carbocycles. The molecule has 0 aliphatic heterocycles. The first-order valence-corrected chi connectivity index (χ1v) is 8.77. The fourth-order valence-electron chi connectivity index (χ4n) is 3.29. The number of pyridine rings is 1. The van der Waals surface area contributed by atoms with Gasteiger partial charge in [0.2, 0.25) is 0 Å². The van der Waals surface area contributed by atoms with Crippen molar-refractivity contribution in [3.8, 4) is 0 Å². The summed E-state index contributed by atoms with van der Waals surface area (Å²) < 4.78 is 69.0. The van der Waals surface area contributed by atoms with Crippen LogP contribution in [-0.4, -0.2) is 14.6 Å². The third-order valence-electron chi connectivity index (χ3n) is 4.58. The number of hydrogen-bond acceptors (Lipinski definition) is 3. The summed E-state index contributed by atoms with van der Waals surface area (Å²) in [6.45, 7) is 1.57. The predicted octanol–water partition coefficient (Wildman–Crippen LogP) is 6.01. The highest BCUT2D eigenvalue weighted by Crippen LogP contribution is 2.38. The van der Waals surface area contributed by atoms with E-state index in [0.717, 1.165) is 12.1 Å². The van der Waals surface area contributed by atoms with E-state index in [9.17, 15) is 22.0 Å². The summed E-state index contributed by atoms with van der Waals surface area (Å²) in [5.41, 5.74) is -0.788. The first-order valence-electron chi connectivity index (χ1n) is 8.40. The van der Waals surface area contributed by atoms with Crippen molar-refractivity contribution < 1.29 is 22.0 Å². The Morgan fingerprint density at radius 2 is 1.79 bits per heavy atom. The Kier molecular flexibility index (Phi) is 4.57. The molecule has 0 saturated heterocycles. The average molecular weight is 427 g/mol. The lowest BCUT2D eigenvalue weighted by molar-refractivity contribution is -0.137. The summed E-state index contributed by atoms with van der Waals surface area (Å²) in [7, 11) is 0. The van der Waals surface area contributed by atoms with Crippen molar-refractivity contribution in [1.82, 2.24) is 14.6 Å². The highest BCUT2D eigenvalue weighted by atomic mass is 35.5. The molecule has 0 amide bonds. The number of nitrogens with zero attached hydrogens (tertiary/aromatic N) is 3. The highest BCUT2D eigenvalue weighted by Gasteiger charge is 2.34. The standard InChI is InChI=1S/C19H12ClF5N4/c1-9(27-16-3-2-10(21)6-15(16)19(23,24)25)12-4-11(22)5-14-13(12)7-17(20)29-8-26-28-18(14)29/h2-9,27H,1H3/t9-/m1/s1. The Morgan fingerprint density at radius 1 is 1.03 bits per heavy atom. The van der Waals surface area contributed by atoms with Gasteiger partial charge in [0.15, 0.2) is 5.65 Å². The Morgan fingerprint density at radius 3 is 2.52 bits per heavy atom. The van der Waals surface area contributed by atoms with Gasteiger partial charge in [-0.25, -0.2) is 8.78 Å². The van der Waals surface area contributed by atoms with Crippen molar-refractivity contribution >= 4 is 33.7 Å². The topological polar surface area (TPSA) is 42.2 Å². The van der Waals surface area contributed by atoms with E-state index in [4.69, 9.17) is 11.6 Å². The molecule has 150 valence electrons. The second-order valence-electron chi connectivity index (χ2n) is 6.50. The number of aromatic nitrogens is 3. The molecule has 0 unspecified atom stereocenters. The second kappa shape index (κ2) is 6.84. The first-order chi connectivity index (χ1) is 13.6. The number of benzene rings is 2. The maximum Gasteiger partial charge on any atom is 0.418 e. The minimum absolute atomic E-state index is 0.260. The lowest BCUT2D eigenvalue weighted by atomic mass is 9.99. The van der Waals surface area contributed by atoms with Crippen LogP contribution >= 0.6 is 11.6 Å². The van der Waals surface area contributed by atoms with Crippen LogP contribution in [0.5, 0.6) is 0 Å². The van der Waals surface area contributed by atoms with Gasteiger partial charge in [0.05, 0.1) is 5.56 Å². The van der Waals surface area contributed by atoms with Crippen LogP contribution in [-0.2, 0) is 6.18 Å². The first kappa shape index (κ1) is 19.4. The van der Waals surface area contributed by atoms with Crippen molar-refractivity contribution in [3.05, 3.63) is 70.6 Å². The second-order valence-corrected chi connectivity index (χ2v) is 6.89. The van der Waals surface area contributed by atoms with E-state index in [1.54, 1.807) is 13.0 Å². The highest BCUT2D eigenvalue weighted by molar-refractivity contribution is 6.30. The molecule has 10 heteroatoms. The van der Waals surface area contributed by atoms with Gasteiger partial charge in [0, 0.05) is 17.1 Å². The zero-order valence-electron chi connectivity index (χ0n) is 14.7. The fraction of sp³-hybridized carbons (Fsp3) is 0.158. The van der Waals surface area contributed by atoms with E-state index in [0.29, 0.717) is 28.0 Å². The van der Waals surface area contributed by atoms with Crippen LogP contribution in [0.25, 0.3) is 16.4 Å². The Bertz CT molecular complexity index is 1230. The number of rotatable bonds is 3. The summed E-state index contributed by atoms with van der Waals surface area (Å²) >= 11 is 6.23. The summed E-state index contributed by atoms with van der Waals surface area (Å²) in [5.74, 6) is -1.60. The molecule has 2 heterocycles. The smallest absolute Gasteiger partial charge is 0.378 e. The van der Waals surface area contributed by atoms with Crippen LogP contribution in [0.3, 0.4) is 0 Å². The number of nitrogens with one attached hydrogen (secondary N) is 1. The lowest BCUT2D eigenvalue weighted by Crippen LogP contribution is -2.14. The number of hydrogen-bond donors (Lipinski definition) is 1. The molecule has 0 radical (unpaired) electrons. The number of halogens is 6. The van der Waals surface area contributed by atoms with Gasteiger partial charge in [-0.05, 0) is 54.3 Å². The van der Waals surface area contributed by atoms with Gasteiger partial charge in [-0.3, -0.25) is 4.40 Å². The van der Waals surface area contributed by atoms with Crippen LogP contribution < -0.4 is 5.32 Å². The van der Waals surface area contributed by atoms with E-state index >= 15 is 0 Å². The number of fused-ring (bicyclic) bond motifs is 3.